The summed E-state index contributed by atoms with van der Waals surface area (Å²) in [6, 6.07) is 0. The summed E-state index contributed by atoms with van der Waals surface area (Å²) in [6.45, 7) is -20.4. The minimum atomic E-state index is -0.626. The van der Waals surface area contributed by atoms with Gasteiger partial charge in [0.05, 0.1) is 0 Å². The Morgan fingerprint density at radius 1 is 0.126 bits per heavy atom. The maximum absolute atomic E-state index is 5.01. The van der Waals surface area contributed by atoms with Gasteiger partial charge in [-0.1, -0.05) is 25.8 Å². The number of hydrogen-bond acceptors (Lipinski definition) is 0. The average molecular weight is 3040 g/mol. The van der Waals surface area contributed by atoms with Crippen LogP contribution in [0.2, 0.25) is 0 Å². The standard InChI is InChI=1S/H95P95/c1-49-73(48)85(72(46)47)91(84(70(42)43)71(44)45)94(90(82(66(34)35)67(36)37)83(68(38)39)69(40)41)95(92(86(74(50(2)3)51(4)5)75(52(6)7)53(8)9)87(76(54(10)11)55(12)13)77(56(14)15)57(16)17)93(88(78(58(18)19)59(20)21)79(60(22)23)61(24)25)89(80(62(26)27)63(28)29)81(64(30)31)65(32)33/h1-2,49H,3-48H2. The highest BCUT2D eigenvalue weighted by Crippen LogP contribution is 3.54. The van der Waals surface area contributed by atoms with Gasteiger partial charge in [-0.2, -0.15) is 0 Å². The Morgan fingerprint density at radius 3 is 0.295 bits per heavy atom. The highest BCUT2D eigenvalue weighted by Gasteiger charge is 2.67. The molecule has 56 atom stereocenters. The highest BCUT2D eigenvalue weighted by molar-refractivity contribution is 9.60. The Morgan fingerprint density at radius 2 is 0.211 bits per heavy atom. The van der Waals surface area contributed by atoms with Crippen LogP contribution in [0.3, 0.4) is 0 Å². The lowest BCUT2D eigenvalue weighted by Gasteiger charge is -2.64. The summed E-state index contributed by atoms with van der Waals surface area (Å²) < 4.78 is 0. The minimum absolute atomic E-state index is 0.371. The minimum Gasteiger partial charge on any atom is -0.102 e. The summed E-state index contributed by atoms with van der Waals surface area (Å²) in [7, 11) is 184. The molecule has 0 aromatic carbocycles. The van der Waals surface area contributed by atoms with Crippen molar-refractivity contribution in [3.05, 3.63) is 0 Å². The van der Waals surface area contributed by atoms with Gasteiger partial charge in [-0.05, 0) is 321 Å². The molecule has 0 amide bonds. The second-order valence-electron chi connectivity index (χ2n) is 15.1. The summed E-state index contributed by atoms with van der Waals surface area (Å²) in [5.74, 6) is 0. The third-order valence-corrected chi connectivity index (χ3v) is 681. The Hall–Kier alpha value is 40.8. The van der Waals surface area contributed by atoms with E-state index < -0.39 is 314 Å². The van der Waals surface area contributed by atoms with Crippen LogP contribution in [0.1, 0.15) is 0 Å². The van der Waals surface area contributed by atoms with E-state index in [4.69, 9.17) is 8.93 Å². The molecule has 95 heteroatoms. The largest absolute Gasteiger partial charge is 0.102 e. The first-order chi connectivity index (χ1) is 43.3. The fourth-order valence-electron chi connectivity index (χ4n) is 5.81. The van der Waals surface area contributed by atoms with E-state index in [9.17, 15) is 0 Å². The van der Waals surface area contributed by atoms with E-state index in [0.717, 1.165) is 7.96 Å². The fraction of sp³-hybridized carbons (Fsp3) is 0. The zero-order valence-corrected chi connectivity index (χ0v) is 146. The molecule has 2 radical (unpaired) electrons. The lowest BCUT2D eigenvalue weighted by molar-refractivity contribution is 4.29. The van der Waals surface area contributed by atoms with E-state index in [1.165, 1.54) is 0 Å². The van der Waals surface area contributed by atoms with Gasteiger partial charge in [0.15, 0.2) is 0 Å². The molecule has 0 N–H and O–H groups in total. The van der Waals surface area contributed by atoms with Crippen LogP contribution in [0.25, 0.3) is 0 Å². The third-order valence-electron chi connectivity index (χ3n) is 8.40. The molecule has 0 aliphatic rings. The van der Waals surface area contributed by atoms with Crippen LogP contribution in [0.15, 0.2) is 0 Å². The smallest absolute Gasteiger partial charge is 0.000000235 e. The van der Waals surface area contributed by atoms with Crippen LogP contribution >= 0.6 is 758 Å². The van der Waals surface area contributed by atoms with E-state index >= 15 is 0 Å². The number of hydrogen-bond donors (Lipinski definition) is 0. The van der Waals surface area contributed by atoms with Gasteiger partial charge in [0, 0.05) is 0 Å². The Kier molecular flexibility index (Phi) is 107. The molecule has 0 saturated heterocycles. The summed E-state index contributed by atoms with van der Waals surface area (Å²) in [4.78, 5) is 0. The van der Waals surface area contributed by atoms with Crippen molar-refractivity contribution in [2.45, 2.75) is 0 Å². The molecule has 0 nitrogen and oxygen atoms in total. The first kappa shape index (κ1) is 136. The van der Waals surface area contributed by atoms with Gasteiger partial charge in [-0.15, -0.1) is 411 Å². The molecule has 0 bridgehead atoms. The Labute approximate surface area is 745 Å². The monoisotopic (exact) mass is 3040 g/mol. The number of rotatable bonds is 46. The average Bonchev–Trinajstić information content (AvgIpc) is 3.36. The summed E-state index contributed by atoms with van der Waals surface area (Å²) in [5, 5.41) is 0. The van der Waals surface area contributed by atoms with Crippen LogP contribution in [0.5, 0.6) is 0 Å². The molecule has 0 fully saturated rings. The molecular weight excluding hydrogens is 2940 g/mol. The maximum Gasteiger partial charge on any atom is -0.000000235 e. The van der Waals surface area contributed by atoms with Crippen LogP contribution in [0.4, 0.5) is 0 Å². The van der Waals surface area contributed by atoms with Gasteiger partial charge in [0.2, 0.25) is 0 Å². The molecule has 0 aromatic rings. The summed E-state index contributed by atoms with van der Waals surface area (Å²) in [6.07, 6.45) is 0. The zero-order chi connectivity index (χ0) is 75.3. The predicted octanol–water partition coefficient (Wildman–Crippen LogP) is 56.4. The van der Waals surface area contributed by atoms with Crippen LogP contribution in [0, 0.1) is 0 Å². The predicted molar refractivity (Wildman–Crippen MR) is 790 cm³/mol. The topological polar surface area (TPSA) is 0 Å². The molecule has 0 aromatic heterocycles. The second kappa shape index (κ2) is 74.7. The third kappa shape index (κ3) is 47.9. The molecule has 0 aliphatic heterocycles. The molecule has 56 unspecified atom stereocenters. The van der Waals surface area contributed by atoms with Crippen molar-refractivity contribution in [1.82, 2.24) is 0 Å². The molecule has 0 aliphatic carbocycles. The first-order valence-electron chi connectivity index (χ1n) is 21.6. The zero-order valence-electron chi connectivity index (χ0n) is 48.6. The maximum atomic E-state index is 5.01. The fourth-order valence-corrected chi connectivity index (χ4v) is 1410. The van der Waals surface area contributed by atoms with Crippen LogP contribution in [-0.2, 0) is 0 Å². The van der Waals surface area contributed by atoms with E-state index in [-0.39, 0.29) is 6.99 Å². The second-order valence-corrected chi connectivity index (χ2v) is 407. The Bertz CT molecular complexity index is 1570. The van der Waals surface area contributed by atoms with Crippen molar-refractivity contribution in [2.24, 2.45) is 0 Å². The normalized spacial score (nSPS) is 16.0. The lowest BCUT2D eigenvalue weighted by Crippen LogP contribution is -1.77. The van der Waals surface area contributed by atoms with Gasteiger partial charge in [-0.3, -0.25) is 0 Å². The van der Waals surface area contributed by atoms with Gasteiger partial charge < -0.3 is 0 Å². The van der Waals surface area contributed by atoms with Crippen molar-refractivity contribution in [2.75, 3.05) is 0 Å². The van der Waals surface area contributed by atoms with Crippen molar-refractivity contribution in [3.8, 4) is 0 Å². The molecule has 570 valence electrons. The molecule has 0 heterocycles. The van der Waals surface area contributed by atoms with E-state index in [2.05, 4.69) is 420 Å². The van der Waals surface area contributed by atoms with E-state index in [0.29, 0.717) is 0 Å². The van der Waals surface area contributed by atoms with Crippen molar-refractivity contribution < 1.29 is 0 Å². The molecule has 0 rings (SSSR count). The van der Waals surface area contributed by atoms with Crippen LogP contribution in [-0.4, -0.2) is 0 Å². The van der Waals surface area contributed by atoms with Gasteiger partial charge >= 0.3 is 0 Å². The molecular formula is H95P95. The SMILES string of the molecule is [PH]PP(P)P(P(P)P)P(P(P(P)P)P(P)P)P(P(P(P(P)P)P(P)P)P(P(P)P)P(P)P)P(P(P(P(P([PH])P)P(P)P)P(P(P)P)P(P)P)P(P(P(P)P)P(P)P)P(P(P)P)P(P)P)P(P(P(P(P)P)P(P)P)P(P(P)P)P(P)P)P(P(P(P)P)P(P)P)P(P(P)P)P(P)P. The quantitative estimate of drug-likeness (QED) is 0.0533. The van der Waals surface area contributed by atoms with Crippen molar-refractivity contribution in [1.29, 1.82) is 0 Å². The van der Waals surface area contributed by atoms with Crippen molar-refractivity contribution >= 4 is 758 Å². The Balaban J connectivity index is 14.3. The molecule has 95 heavy (non-hydrogen) atoms. The van der Waals surface area contributed by atoms with Gasteiger partial charge in [-0.25, -0.2) is 0 Å². The lowest BCUT2D eigenvalue weighted by atomic mass is 28.3. The van der Waals surface area contributed by atoms with Crippen LogP contribution < -0.4 is 0 Å². The van der Waals surface area contributed by atoms with E-state index in [1.54, 1.807) is 0 Å². The van der Waals surface area contributed by atoms with Crippen molar-refractivity contribution in [3.63, 3.8) is 0 Å². The highest BCUT2D eigenvalue weighted by atomic mass is 33.7. The van der Waals surface area contributed by atoms with E-state index in [1.807, 2.05) is 0 Å². The summed E-state index contributed by atoms with van der Waals surface area (Å²) in [5.41, 5.74) is 0. The molecule has 0 saturated carbocycles. The van der Waals surface area contributed by atoms with Gasteiger partial charge in [0.25, 0.3) is 0 Å². The molecule has 0 spiro atoms. The first-order valence-corrected chi connectivity index (χ1v) is 194. The van der Waals surface area contributed by atoms with Gasteiger partial charge in [0.1, 0.15) is 0 Å². The summed E-state index contributed by atoms with van der Waals surface area (Å²) >= 11 is 0.